The molecule has 170 valence electrons. The molecular weight excluding hydrogens is 463 g/mol. The summed E-state index contributed by atoms with van der Waals surface area (Å²) in [5.41, 5.74) is -0.638. The lowest BCUT2D eigenvalue weighted by Crippen LogP contribution is -2.25. The highest BCUT2D eigenvalue weighted by molar-refractivity contribution is 7.17. The van der Waals surface area contributed by atoms with Crippen molar-refractivity contribution in [3.8, 4) is 0 Å². The SMILES string of the molecule is O=C(Nc1ccc(C(F)(F)CNc2ncnc3ccsc23)cc1)c1cccc(C(F)(F)F)c1. The van der Waals surface area contributed by atoms with E-state index < -0.39 is 30.1 Å². The van der Waals surface area contributed by atoms with E-state index in [9.17, 15) is 26.7 Å². The molecule has 0 radical (unpaired) electrons. The van der Waals surface area contributed by atoms with Crippen molar-refractivity contribution in [1.29, 1.82) is 0 Å². The van der Waals surface area contributed by atoms with E-state index in [0.29, 0.717) is 16.0 Å². The Kier molecular flexibility index (Phi) is 5.98. The van der Waals surface area contributed by atoms with Crippen molar-refractivity contribution in [3.05, 3.63) is 83.0 Å². The number of fused-ring (bicyclic) bond motifs is 1. The molecule has 1 amide bonds. The lowest BCUT2D eigenvalue weighted by molar-refractivity contribution is -0.137. The number of anilines is 2. The molecule has 2 N–H and O–H groups in total. The Bertz CT molecular complexity index is 1290. The number of carbonyl (C=O) groups excluding carboxylic acids is 1. The van der Waals surface area contributed by atoms with Gasteiger partial charge in [-0.2, -0.15) is 22.0 Å². The summed E-state index contributed by atoms with van der Waals surface area (Å²) < 4.78 is 68.5. The molecule has 5 nitrogen and oxygen atoms in total. The average Bonchev–Trinajstić information content (AvgIpc) is 3.27. The molecule has 0 aliphatic carbocycles. The number of hydrogen-bond donors (Lipinski definition) is 2. The first kappa shape index (κ1) is 22.6. The van der Waals surface area contributed by atoms with Gasteiger partial charge in [0.15, 0.2) is 0 Å². The fourth-order valence-electron chi connectivity index (χ4n) is 3.05. The lowest BCUT2D eigenvalue weighted by Gasteiger charge is -2.18. The highest BCUT2D eigenvalue weighted by atomic mass is 32.1. The number of alkyl halides is 5. The highest BCUT2D eigenvalue weighted by Crippen LogP contribution is 2.32. The van der Waals surface area contributed by atoms with Crippen LogP contribution in [0.5, 0.6) is 0 Å². The summed E-state index contributed by atoms with van der Waals surface area (Å²) in [5, 5.41) is 6.84. The largest absolute Gasteiger partial charge is 0.416 e. The molecule has 2 heterocycles. The van der Waals surface area contributed by atoms with Crippen LogP contribution in [0.1, 0.15) is 21.5 Å². The minimum absolute atomic E-state index is 0.168. The van der Waals surface area contributed by atoms with Gasteiger partial charge < -0.3 is 10.6 Å². The summed E-state index contributed by atoms with van der Waals surface area (Å²) >= 11 is 1.33. The van der Waals surface area contributed by atoms with Crippen molar-refractivity contribution in [2.45, 2.75) is 12.1 Å². The maximum absolute atomic E-state index is 14.7. The number of rotatable bonds is 6. The number of nitrogens with one attached hydrogen (secondary N) is 2. The van der Waals surface area contributed by atoms with Gasteiger partial charge in [-0.25, -0.2) is 9.97 Å². The quantitative estimate of drug-likeness (QED) is 0.326. The minimum Gasteiger partial charge on any atom is -0.362 e. The van der Waals surface area contributed by atoms with Gasteiger partial charge >= 0.3 is 6.18 Å². The minimum atomic E-state index is -4.58. The maximum Gasteiger partial charge on any atom is 0.416 e. The second kappa shape index (κ2) is 8.74. The molecule has 0 aliphatic heterocycles. The standard InChI is InChI=1S/C22H15F5N4OS/c23-21(24,11-28-19-18-17(8-9-33-18)29-12-30-19)14-4-6-16(7-5-14)31-20(32)13-2-1-3-15(10-13)22(25,26)27/h1-10,12H,11H2,(H,31,32)(H,28,29,30). The molecule has 0 saturated carbocycles. The third-order valence-corrected chi connectivity index (χ3v) is 5.65. The molecular formula is C22H15F5N4OS. The average molecular weight is 478 g/mol. The summed E-state index contributed by atoms with van der Waals surface area (Å²) in [6.45, 7) is -0.715. The van der Waals surface area contributed by atoms with Gasteiger partial charge in [0, 0.05) is 16.8 Å². The van der Waals surface area contributed by atoms with Crippen LogP contribution < -0.4 is 10.6 Å². The van der Waals surface area contributed by atoms with E-state index in [1.165, 1.54) is 35.9 Å². The van der Waals surface area contributed by atoms with Gasteiger partial charge in [0.1, 0.15) is 12.1 Å². The van der Waals surface area contributed by atoms with Gasteiger partial charge in [0.25, 0.3) is 11.8 Å². The van der Waals surface area contributed by atoms with Crippen LogP contribution in [0.4, 0.5) is 33.5 Å². The molecule has 0 bridgehead atoms. The van der Waals surface area contributed by atoms with E-state index in [-0.39, 0.29) is 16.8 Å². The zero-order valence-electron chi connectivity index (χ0n) is 16.7. The molecule has 0 saturated heterocycles. The van der Waals surface area contributed by atoms with Crippen molar-refractivity contribution >= 4 is 39.0 Å². The number of aromatic nitrogens is 2. The smallest absolute Gasteiger partial charge is 0.362 e. The first-order chi connectivity index (χ1) is 15.6. The number of hydrogen-bond acceptors (Lipinski definition) is 5. The Morgan fingerprint density at radius 2 is 1.70 bits per heavy atom. The number of amides is 1. The van der Waals surface area contributed by atoms with Gasteiger partial charge in [0.2, 0.25) is 0 Å². The predicted octanol–water partition coefficient (Wildman–Crippen LogP) is 6.17. The van der Waals surface area contributed by atoms with Gasteiger partial charge in [0.05, 0.1) is 22.3 Å². The number of nitrogens with zero attached hydrogens (tertiary/aromatic N) is 2. The van der Waals surface area contributed by atoms with Gasteiger partial charge in [-0.3, -0.25) is 4.79 Å². The number of carbonyl (C=O) groups is 1. The van der Waals surface area contributed by atoms with E-state index in [2.05, 4.69) is 20.6 Å². The molecule has 4 rings (SSSR count). The molecule has 0 unspecified atom stereocenters. The van der Waals surface area contributed by atoms with E-state index in [0.717, 1.165) is 30.3 Å². The molecule has 33 heavy (non-hydrogen) atoms. The van der Waals surface area contributed by atoms with Crippen LogP contribution in [-0.4, -0.2) is 22.4 Å². The van der Waals surface area contributed by atoms with Crippen molar-refractivity contribution in [1.82, 2.24) is 9.97 Å². The Labute approximate surface area is 188 Å². The van der Waals surface area contributed by atoms with Crippen LogP contribution in [-0.2, 0) is 12.1 Å². The fourth-order valence-corrected chi connectivity index (χ4v) is 3.86. The Morgan fingerprint density at radius 1 is 0.939 bits per heavy atom. The summed E-state index contributed by atoms with van der Waals surface area (Å²) in [6, 6.07) is 10.5. The van der Waals surface area contributed by atoms with Crippen molar-refractivity contribution < 1.29 is 26.7 Å². The van der Waals surface area contributed by atoms with E-state index in [1.54, 1.807) is 11.4 Å². The van der Waals surface area contributed by atoms with Crippen molar-refractivity contribution in [2.24, 2.45) is 0 Å². The molecule has 0 atom stereocenters. The Morgan fingerprint density at radius 3 is 2.42 bits per heavy atom. The van der Waals surface area contributed by atoms with E-state index >= 15 is 0 Å². The highest BCUT2D eigenvalue weighted by Gasteiger charge is 2.32. The Hall–Kier alpha value is -3.60. The van der Waals surface area contributed by atoms with E-state index in [1.807, 2.05) is 0 Å². The molecule has 2 aromatic carbocycles. The number of thiophene rings is 1. The summed E-state index contributed by atoms with van der Waals surface area (Å²) in [4.78, 5) is 20.3. The Balaban J connectivity index is 1.43. The van der Waals surface area contributed by atoms with E-state index in [4.69, 9.17) is 0 Å². The zero-order valence-corrected chi connectivity index (χ0v) is 17.5. The van der Waals surface area contributed by atoms with Crippen LogP contribution in [0.2, 0.25) is 0 Å². The van der Waals surface area contributed by atoms with Crippen molar-refractivity contribution in [2.75, 3.05) is 17.2 Å². The third-order valence-electron chi connectivity index (χ3n) is 4.74. The monoisotopic (exact) mass is 478 g/mol. The summed E-state index contributed by atoms with van der Waals surface area (Å²) in [7, 11) is 0. The van der Waals surface area contributed by atoms with Crippen LogP contribution >= 0.6 is 11.3 Å². The van der Waals surface area contributed by atoms with Crippen LogP contribution in [0.15, 0.2) is 66.3 Å². The van der Waals surface area contributed by atoms with Crippen molar-refractivity contribution in [3.63, 3.8) is 0 Å². The van der Waals surface area contributed by atoms with Crippen LogP contribution in [0.3, 0.4) is 0 Å². The second-order valence-electron chi connectivity index (χ2n) is 7.03. The summed E-state index contributed by atoms with van der Waals surface area (Å²) in [5.74, 6) is -3.73. The predicted molar refractivity (Wildman–Crippen MR) is 116 cm³/mol. The number of benzene rings is 2. The van der Waals surface area contributed by atoms with Crippen LogP contribution in [0, 0.1) is 0 Å². The summed E-state index contributed by atoms with van der Waals surface area (Å²) in [6.07, 6.45) is -3.30. The normalized spacial score (nSPS) is 12.0. The molecule has 0 fully saturated rings. The third kappa shape index (κ3) is 5.08. The van der Waals surface area contributed by atoms with Gasteiger partial charge in [-0.15, -0.1) is 11.3 Å². The lowest BCUT2D eigenvalue weighted by atomic mass is 10.1. The van der Waals surface area contributed by atoms with Gasteiger partial charge in [-0.1, -0.05) is 18.2 Å². The number of halogens is 5. The molecule has 0 spiro atoms. The first-order valence-corrected chi connectivity index (χ1v) is 10.4. The topological polar surface area (TPSA) is 66.9 Å². The fraction of sp³-hybridized carbons (Fsp3) is 0.136. The molecule has 2 aromatic heterocycles. The van der Waals surface area contributed by atoms with Gasteiger partial charge in [-0.05, 0) is 41.8 Å². The first-order valence-electron chi connectivity index (χ1n) is 9.52. The molecule has 0 aliphatic rings. The maximum atomic E-state index is 14.7. The molecule has 4 aromatic rings. The van der Waals surface area contributed by atoms with Crippen LogP contribution in [0.25, 0.3) is 10.2 Å². The molecule has 11 heteroatoms. The second-order valence-corrected chi connectivity index (χ2v) is 7.94. The zero-order chi connectivity index (χ0) is 23.6.